The minimum absolute atomic E-state index is 0.189. The number of carbonyl (C=O) groups excluding carboxylic acids is 1. The van der Waals surface area contributed by atoms with Gasteiger partial charge in [0.15, 0.2) is 0 Å². The number of alkyl carbamates (subject to hydrolysis) is 1. The molecule has 2 fully saturated rings. The van der Waals surface area contributed by atoms with Crippen LogP contribution in [0.5, 0.6) is 0 Å². The van der Waals surface area contributed by atoms with Gasteiger partial charge in [-0.25, -0.2) is 9.18 Å². The molecule has 1 amide bonds. The summed E-state index contributed by atoms with van der Waals surface area (Å²) in [6, 6.07) is 15.3. The summed E-state index contributed by atoms with van der Waals surface area (Å²) >= 11 is 0. The lowest BCUT2D eigenvalue weighted by atomic mass is 9.71. The van der Waals surface area contributed by atoms with Gasteiger partial charge in [-0.1, -0.05) is 51.1 Å². The summed E-state index contributed by atoms with van der Waals surface area (Å²) < 4.78 is 22.0. The molecule has 1 saturated carbocycles. The number of carbonyl (C=O) groups is 1. The zero-order chi connectivity index (χ0) is 28.3. The van der Waals surface area contributed by atoms with Crippen molar-refractivity contribution < 1.29 is 13.9 Å². The van der Waals surface area contributed by atoms with E-state index >= 15 is 0 Å². The minimum Gasteiger partial charge on any atom is -0.445 e. The van der Waals surface area contributed by atoms with Crippen LogP contribution in [0.3, 0.4) is 0 Å². The SMILES string of the molecule is CC(C)(C)C1CCC(N2CCC(n3c(CNC(=O)OCc4ccccc4)c(C=N)c4cc(F)ccc43)CC2)CC1. The molecule has 3 aromatic rings. The molecule has 0 unspecified atom stereocenters. The van der Waals surface area contributed by atoms with Gasteiger partial charge < -0.3 is 24.9 Å². The zero-order valence-corrected chi connectivity index (χ0v) is 24.1. The highest BCUT2D eigenvalue weighted by Crippen LogP contribution is 2.40. The number of aromatic nitrogens is 1. The number of hydrogen-bond acceptors (Lipinski definition) is 4. The van der Waals surface area contributed by atoms with E-state index in [0.29, 0.717) is 22.4 Å². The van der Waals surface area contributed by atoms with Crippen molar-refractivity contribution >= 4 is 23.2 Å². The Kier molecular flexibility index (Phi) is 8.60. The number of fused-ring (bicyclic) bond motifs is 1. The van der Waals surface area contributed by atoms with Crippen LogP contribution in [-0.2, 0) is 17.9 Å². The first-order valence-corrected chi connectivity index (χ1v) is 14.8. The number of likely N-dealkylation sites (tertiary alicyclic amines) is 1. The average molecular weight is 547 g/mol. The van der Waals surface area contributed by atoms with E-state index in [-0.39, 0.29) is 25.0 Å². The summed E-state index contributed by atoms with van der Waals surface area (Å²) in [6.45, 7) is 9.57. The largest absolute Gasteiger partial charge is 0.445 e. The van der Waals surface area contributed by atoms with E-state index in [9.17, 15) is 9.18 Å². The normalized spacial score (nSPS) is 20.9. The van der Waals surface area contributed by atoms with Gasteiger partial charge in [0.25, 0.3) is 0 Å². The van der Waals surface area contributed by atoms with Crippen molar-refractivity contribution in [2.45, 2.75) is 84.5 Å². The van der Waals surface area contributed by atoms with Crippen molar-refractivity contribution in [2.75, 3.05) is 13.1 Å². The van der Waals surface area contributed by atoms with Gasteiger partial charge in [0.05, 0.1) is 6.54 Å². The fourth-order valence-corrected chi connectivity index (χ4v) is 6.87. The number of hydrogen-bond donors (Lipinski definition) is 2. The Hall–Kier alpha value is -3.19. The van der Waals surface area contributed by atoms with Gasteiger partial charge in [0, 0.05) is 53.5 Å². The quantitative estimate of drug-likeness (QED) is 0.303. The second-order valence-electron chi connectivity index (χ2n) is 12.6. The van der Waals surface area contributed by atoms with Gasteiger partial charge >= 0.3 is 6.09 Å². The molecule has 1 aliphatic heterocycles. The van der Waals surface area contributed by atoms with Crippen LogP contribution >= 0.6 is 0 Å². The molecule has 0 spiro atoms. The van der Waals surface area contributed by atoms with Crippen molar-refractivity contribution in [1.29, 1.82) is 5.41 Å². The first-order chi connectivity index (χ1) is 19.2. The maximum absolute atomic E-state index is 14.3. The van der Waals surface area contributed by atoms with Gasteiger partial charge in [0.1, 0.15) is 12.4 Å². The highest BCUT2D eigenvalue weighted by atomic mass is 19.1. The molecule has 2 aromatic carbocycles. The Morgan fingerprint density at radius 2 is 1.73 bits per heavy atom. The fourth-order valence-electron chi connectivity index (χ4n) is 6.87. The molecule has 1 aromatic heterocycles. The molecule has 2 heterocycles. The predicted octanol–water partition coefficient (Wildman–Crippen LogP) is 7.45. The van der Waals surface area contributed by atoms with E-state index in [1.54, 1.807) is 0 Å². The van der Waals surface area contributed by atoms with Crippen LogP contribution in [0.25, 0.3) is 10.9 Å². The first-order valence-electron chi connectivity index (χ1n) is 14.8. The molecule has 1 aliphatic carbocycles. The molecule has 40 heavy (non-hydrogen) atoms. The number of ether oxygens (including phenoxy) is 1. The maximum atomic E-state index is 14.3. The molecular weight excluding hydrogens is 503 g/mol. The predicted molar refractivity (Wildman–Crippen MR) is 158 cm³/mol. The number of nitrogens with one attached hydrogen (secondary N) is 2. The van der Waals surface area contributed by atoms with Crippen molar-refractivity contribution in [1.82, 2.24) is 14.8 Å². The van der Waals surface area contributed by atoms with Gasteiger partial charge in [0.2, 0.25) is 0 Å². The lowest BCUT2D eigenvalue weighted by molar-refractivity contribution is 0.0719. The summed E-state index contributed by atoms with van der Waals surface area (Å²) in [6.07, 6.45) is 7.91. The van der Waals surface area contributed by atoms with Gasteiger partial charge in [-0.15, -0.1) is 0 Å². The average Bonchev–Trinajstić information content (AvgIpc) is 3.27. The molecule has 2 N–H and O–H groups in total. The van der Waals surface area contributed by atoms with E-state index < -0.39 is 6.09 Å². The molecule has 2 aliphatic rings. The van der Waals surface area contributed by atoms with E-state index in [1.165, 1.54) is 44.0 Å². The van der Waals surface area contributed by atoms with Crippen molar-refractivity contribution in [2.24, 2.45) is 11.3 Å². The number of rotatable bonds is 7. The Morgan fingerprint density at radius 1 is 1.02 bits per heavy atom. The second-order valence-corrected chi connectivity index (χ2v) is 12.6. The summed E-state index contributed by atoms with van der Waals surface area (Å²) in [7, 11) is 0. The van der Waals surface area contributed by atoms with Gasteiger partial charge in [-0.2, -0.15) is 0 Å². The third kappa shape index (κ3) is 6.25. The van der Waals surface area contributed by atoms with E-state index in [1.807, 2.05) is 36.4 Å². The molecule has 7 heteroatoms. The standard InChI is InChI=1S/C33H43FN4O2/c1-33(2,3)24-9-12-26(13-10-24)37-17-15-27(16-18-37)38-30-14-11-25(34)19-28(30)29(20-35)31(38)21-36-32(39)40-22-23-7-5-4-6-8-23/h4-8,11,14,19-20,24,26-27,35H,9-10,12-13,15-18,21-22H2,1-3H3,(H,36,39). The summed E-state index contributed by atoms with van der Waals surface area (Å²) in [5.41, 5.74) is 3.70. The van der Waals surface area contributed by atoms with Crippen molar-refractivity contribution in [3.63, 3.8) is 0 Å². The third-order valence-corrected chi connectivity index (χ3v) is 9.17. The number of nitrogens with zero attached hydrogens (tertiary/aromatic N) is 2. The number of benzene rings is 2. The Morgan fingerprint density at radius 3 is 2.38 bits per heavy atom. The van der Waals surface area contributed by atoms with Crippen LogP contribution < -0.4 is 5.32 Å². The molecule has 214 valence electrons. The monoisotopic (exact) mass is 546 g/mol. The van der Waals surface area contributed by atoms with Gasteiger partial charge in [-0.3, -0.25) is 0 Å². The highest BCUT2D eigenvalue weighted by Gasteiger charge is 2.34. The molecule has 1 saturated heterocycles. The topological polar surface area (TPSA) is 70.3 Å². The van der Waals surface area contributed by atoms with E-state index in [0.717, 1.165) is 48.6 Å². The molecule has 0 atom stereocenters. The summed E-state index contributed by atoms with van der Waals surface area (Å²) in [5, 5.41) is 11.8. The Labute approximate surface area is 237 Å². The lowest BCUT2D eigenvalue weighted by Gasteiger charge is -2.44. The summed E-state index contributed by atoms with van der Waals surface area (Å²) in [4.78, 5) is 15.3. The second kappa shape index (κ2) is 12.1. The van der Waals surface area contributed by atoms with E-state index in [4.69, 9.17) is 10.1 Å². The van der Waals surface area contributed by atoms with Crippen molar-refractivity contribution in [3.8, 4) is 0 Å². The molecule has 0 radical (unpaired) electrons. The molecule has 0 bridgehead atoms. The minimum atomic E-state index is -0.511. The third-order valence-electron chi connectivity index (χ3n) is 9.17. The number of amides is 1. The van der Waals surface area contributed by atoms with Crippen molar-refractivity contribution in [3.05, 3.63) is 71.2 Å². The van der Waals surface area contributed by atoms with Crippen LogP contribution in [0.4, 0.5) is 9.18 Å². The number of piperidine rings is 1. The smallest absolute Gasteiger partial charge is 0.407 e. The van der Waals surface area contributed by atoms with Crippen LogP contribution in [0, 0.1) is 22.6 Å². The Balaban J connectivity index is 1.29. The fraction of sp³-hybridized carbons (Fsp3) is 0.515. The number of halogens is 1. The highest BCUT2D eigenvalue weighted by molar-refractivity contribution is 6.00. The zero-order valence-electron chi connectivity index (χ0n) is 24.1. The van der Waals surface area contributed by atoms with Crippen LogP contribution in [0.2, 0.25) is 0 Å². The maximum Gasteiger partial charge on any atom is 0.407 e. The van der Waals surface area contributed by atoms with Gasteiger partial charge in [-0.05, 0) is 73.6 Å². The van der Waals surface area contributed by atoms with Crippen LogP contribution in [0.15, 0.2) is 48.5 Å². The molecule has 5 rings (SSSR count). The lowest BCUT2D eigenvalue weighted by Crippen LogP contribution is -2.44. The van der Waals surface area contributed by atoms with Crippen LogP contribution in [-0.4, -0.2) is 40.9 Å². The molecule has 6 nitrogen and oxygen atoms in total. The van der Waals surface area contributed by atoms with Crippen LogP contribution in [0.1, 0.15) is 82.2 Å². The Bertz CT molecular complexity index is 1310. The summed E-state index contributed by atoms with van der Waals surface area (Å²) in [5.74, 6) is 0.483. The molecular formula is C33H43FN4O2. The first kappa shape index (κ1) is 28.3. The van der Waals surface area contributed by atoms with E-state index in [2.05, 4.69) is 35.6 Å².